The molecule has 0 amide bonds. The van der Waals surface area contributed by atoms with Crippen LogP contribution in [-0.4, -0.2) is 41.7 Å². The highest BCUT2D eigenvalue weighted by Gasteiger charge is 2.19. The molecule has 0 aromatic carbocycles. The Balaban J connectivity index is 0. The molecule has 16 heavy (non-hydrogen) atoms. The smallest absolute Gasteiger partial charge is 0.414 e. The number of carbonyl (C=O) groups is 2. The first-order chi connectivity index (χ1) is 7.32. The second-order valence-corrected chi connectivity index (χ2v) is 4.62. The number of rotatable bonds is 5. The fourth-order valence-electron chi connectivity index (χ4n) is 0.530. The van der Waals surface area contributed by atoms with Gasteiger partial charge in [-0.3, -0.25) is 9.09 Å². The summed E-state index contributed by atoms with van der Waals surface area (Å²) in [5, 5.41) is 14.8. The average molecular weight is 257 g/mol. The maximum atomic E-state index is 11.3. The van der Waals surface area contributed by atoms with Gasteiger partial charge in [0.15, 0.2) is 0 Å². The van der Waals surface area contributed by atoms with Crippen LogP contribution >= 0.6 is 7.60 Å². The minimum Gasteiger partial charge on any atom is -0.473 e. The summed E-state index contributed by atoms with van der Waals surface area (Å²) in [5.41, 5.74) is 5.05. The summed E-state index contributed by atoms with van der Waals surface area (Å²) in [6.45, 7) is 3.85. The zero-order valence-electron chi connectivity index (χ0n) is 9.08. The summed E-state index contributed by atoms with van der Waals surface area (Å²) in [6, 6.07) is 0. The van der Waals surface area contributed by atoms with Crippen molar-refractivity contribution in [1.29, 1.82) is 0 Å². The van der Waals surface area contributed by atoms with Crippen molar-refractivity contribution in [2.45, 2.75) is 13.8 Å². The molecule has 0 rings (SSSR count). The number of carboxylic acid groups (broad SMARTS) is 2. The van der Waals surface area contributed by atoms with Crippen LogP contribution in [0.4, 0.5) is 0 Å². The molecule has 1 atom stereocenters. The van der Waals surface area contributed by atoms with E-state index in [1.54, 1.807) is 13.8 Å². The van der Waals surface area contributed by atoms with Crippen molar-refractivity contribution >= 4 is 19.5 Å². The number of hydrogen-bond donors (Lipinski definition) is 3. The third-order valence-corrected chi connectivity index (χ3v) is 3.14. The van der Waals surface area contributed by atoms with Crippen LogP contribution in [-0.2, 0) is 23.2 Å². The Morgan fingerprint density at radius 3 is 1.81 bits per heavy atom. The monoisotopic (exact) mass is 257 g/mol. The molecule has 8 nitrogen and oxygen atoms in total. The highest BCUT2D eigenvalue weighted by molar-refractivity contribution is 7.53. The Bertz CT molecular complexity index is 245. The minimum absolute atomic E-state index is 0.0505. The van der Waals surface area contributed by atoms with Crippen LogP contribution in [0.1, 0.15) is 13.8 Å². The minimum atomic E-state index is -2.83. The molecule has 0 saturated heterocycles. The number of nitrogens with two attached hydrogens (primary N) is 1. The predicted octanol–water partition coefficient (Wildman–Crippen LogP) is 0.324. The van der Waals surface area contributed by atoms with Gasteiger partial charge in [-0.25, -0.2) is 9.59 Å². The second-order valence-electron chi connectivity index (χ2n) is 2.25. The van der Waals surface area contributed by atoms with Gasteiger partial charge in [-0.1, -0.05) is 6.92 Å². The van der Waals surface area contributed by atoms with E-state index < -0.39 is 19.5 Å². The molecule has 9 heteroatoms. The van der Waals surface area contributed by atoms with Gasteiger partial charge in [-0.05, 0) is 6.92 Å². The van der Waals surface area contributed by atoms with Gasteiger partial charge in [0.05, 0.1) is 6.61 Å². The van der Waals surface area contributed by atoms with Crippen LogP contribution in [0.25, 0.3) is 0 Å². The molecule has 0 spiro atoms. The predicted molar refractivity (Wildman–Crippen MR) is 55.2 cm³/mol. The molecule has 1 unspecified atom stereocenters. The zero-order valence-corrected chi connectivity index (χ0v) is 9.98. The molecule has 96 valence electrons. The lowest BCUT2D eigenvalue weighted by Gasteiger charge is -2.13. The fourth-order valence-corrected chi connectivity index (χ4v) is 1.59. The SMILES string of the molecule is CCOP(=O)(CC)OCN.O=C(O)C(=O)O. The molecule has 0 heterocycles. The molecular weight excluding hydrogens is 241 g/mol. The molecule has 0 bridgehead atoms. The maximum Gasteiger partial charge on any atom is 0.414 e. The maximum absolute atomic E-state index is 11.3. The van der Waals surface area contributed by atoms with Crippen LogP contribution in [0, 0.1) is 0 Å². The molecule has 0 aliphatic carbocycles. The molecule has 4 N–H and O–H groups in total. The molecule has 0 aromatic rings. The third-order valence-electron chi connectivity index (χ3n) is 1.17. The van der Waals surface area contributed by atoms with E-state index in [-0.39, 0.29) is 6.73 Å². The molecule has 0 aromatic heterocycles. The van der Waals surface area contributed by atoms with Gasteiger partial charge >= 0.3 is 19.5 Å². The number of hydrogen-bond acceptors (Lipinski definition) is 6. The molecule has 0 fully saturated rings. The molecule has 0 radical (unpaired) electrons. The van der Waals surface area contributed by atoms with Gasteiger partial charge in [-0.15, -0.1) is 0 Å². The summed E-state index contributed by atoms with van der Waals surface area (Å²) < 4.78 is 20.9. The van der Waals surface area contributed by atoms with Gasteiger partial charge in [0, 0.05) is 6.16 Å². The molecule has 0 aliphatic rings. The summed E-state index contributed by atoms with van der Waals surface area (Å²) in [5.74, 6) is -3.65. The Morgan fingerprint density at radius 1 is 1.19 bits per heavy atom. The van der Waals surface area contributed by atoms with E-state index in [0.29, 0.717) is 12.8 Å². The summed E-state index contributed by atoms with van der Waals surface area (Å²) in [4.78, 5) is 18.2. The summed E-state index contributed by atoms with van der Waals surface area (Å²) in [6.07, 6.45) is 0.373. The van der Waals surface area contributed by atoms with Crippen molar-refractivity contribution < 1.29 is 33.4 Å². The first-order valence-electron chi connectivity index (χ1n) is 4.37. The lowest BCUT2D eigenvalue weighted by molar-refractivity contribution is -0.159. The van der Waals surface area contributed by atoms with Crippen LogP contribution < -0.4 is 5.73 Å². The zero-order chi connectivity index (χ0) is 13.2. The Kier molecular flexibility index (Phi) is 10.1. The molecule has 0 aliphatic heterocycles. The van der Waals surface area contributed by atoms with E-state index in [0.717, 1.165) is 0 Å². The molecule has 0 saturated carbocycles. The van der Waals surface area contributed by atoms with Gasteiger partial charge < -0.3 is 20.5 Å². The van der Waals surface area contributed by atoms with E-state index >= 15 is 0 Å². The highest BCUT2D eigenvalue weighted by atomic mass is 31.2. The van der Waals surface area contributed by atoms with Crippen molar-refractivity contribution in [3.63, 3.8) is 0 Å². The summed E-state index contributed by atoms with van der Waals surface area (Å²) in [7, 11) is -2.83. The Morgan fingerprint density at radius 2 is 1.62 bits per heavy atom. The van der Waals surface area contributed by atoms with E-state index in [9.17, 15) is 4.57 Å². The van der Waals surface area contributed by atoms with E-state index in [1.165, 1.54) is 0 Å². The van der Waals surface area contributed by atoms with Gasteiger partial charge in [-0.2, -0.15) is 0 Å². The normalized spacial score (nSPS) is 13.2. The lowest BCUT2D eigenvalue weighted by Crippen LogP contribution is -2.09. The van der Waals surface area contributed by atoms with E-state index in [4.69, 9.17) is 34.6 Å². The lowest BCUT2D eigenvalue weighted by atomic mass is 10.7. The largest absolute Gasteiger partial charge is 0.473 e. The second kappa shape index (κ2) is 9.29. The van der Waals surface area contributed by atoms with Gasteiger partial charge in [0.2, 0.25) is 0 Å². The van der Waals surface area contributed by atoms with Crippen LogP contribution in [0.15, 0.2) is 0 Å². The first kappa shape index (κ1) is 17.4. The molecular formula is C7H16NO7P. The topological polar surface area (TPSA) is 136 Å². The number of aliphatic carboxylic acids is 2. The van der Waals surface area contributed by atoms with Gasteiger partial charge in [0.1, 0.15) is 6.73 Å². The van der Waals surface area contributed by atoms with Gasteiger partial charge in [0.25, 0.3) is 0 Å². The summed E-state index contributed by atoms with van der Waals surface area (Å²) >= 11 is 0. The Labute approximate surface area is 92.9 Å². The van der Waals surface area contributed by atoms with Crippen molar-refractivity contribution in [1.82, 2.24) is 0 Å². The standard InChI is InChI=1S/C5H14NO3P.C2H2O4/c1-3-8-10(7,4-2)9-5-6;3-1(4)2(5)6/h3-6H2,1-2H3;(H,3,4)(H,5,6). The van der Waals surface area contributed by atoms with Crippen molar-refractivity contribution in [2.24, 2.45) is 5.73 Å². The van der Waals surface area contributed by atoms with Crippen molar-refractivity contribution in [2.75, 3.05) is 19.5 Å². The van der Waals surface area contributed by atoms with Crippen LogP contribution in [0.3, 0.4) is 0 Å². The first-order valence-corrected chi connectivity index (χ1v) is 6.10. The van der Waals surface area contributed by atoms with Crippen LogP contribution in [0.5, 0.6) is 0 Å². The third kappa shape index (κ3) is 9.60. The Hall–Kier alpha value is -0.950. The highest BCUT2D eigenvalue weighted by Crippen LogP contribution is 2.46. The average Bonchev–Trinajstić information content (AvgIpc) is 2.19. The van der Waals surface area contributed by atoms with E-state index in [2.05, 4.69) is 0 Å². The fraction of sp³-hybridized carbons (Fsp3) is 0.714. The van der Waals surface area contributed by atoms with E-state index in [1.807, 2.05) is 0 Å². The number of carboxylic acids is 2. The quantitative estimate of drug-likeness (QED) is 0.364. The van der Waals surface area contributed by atoms with Crippen molar-refractivity contribution in [3.8, 4) is 0 Å². The van der Waals surface area contributed by atoms with Crippen molar-refractivity contribution in [3.05, 3.63) is 0 Å². The van der Waals surface area contributed by atoms with Crippen LogP contribution in [0.2, 0.25) is 0 Å².